The van der Waals surface area contributed by atoms with Crippen molar-refractivity contribution >= 4 is 23.8 Å². The van der Waals surface area contributed by atoms with Gasteiger partial charge in [-0.05, 0) is 23.5 Å². The zero-order chi connectivity index (χ0) is 19.9. The van der Waals surface area contributed by atoms with Crippen molar-refractivity contribution in [2.75, 3.05) is 12.4 Å². The Bertz CT molecular complexity index is 779. The van der Waals surface area contributed by atoms with Crippen LogP contribution in [0.2, 0.25) is 0 Å². The van der Waals surface area contributed by atoms with E-state index >= 15 is 0 Å². The number of nitrogens with zero attached hydrogens (tertiary/aromatic N) is 1. The zero-order valence-corrected chi connectivity index (χ0v) is 17.2. The number of amides is 2. The van der Waals surface area contributed by atoms with E-state index in [1.54, 1.807) is 11.8 Å². The second-order valence-corrected chi connectivity index (χ2v) is 8.51. The minimum atomic E-state index is -0.505. The van der Waals surface area contributed by atoms with E-state index in [1.807, 2.05) is 62.4 Å². The fourth-order valence-electron chi connectivity index (χ4n) is 3.39. The van der Waals surface area contributed by atoms with Gasteiger partial charge in [-0.15, -0.1) is 0 Å². The van der Waals surface area contributed by atoms with Gasteiger partial charge in [0.25, 0.3) is 0 Å². The molecule has 148 valence electrons. The fraction of sp³-hybridized carbons (Fsp3) is 0.391. The van der Waals surface area contributed by atoms with Gasteiger partial charge in [-0.2, -0.15) is 11.8 Å². The molecule has 2 aromatic rings. The van der Waals surface area contributed by atoms with Crippen LogP contribution in [0.4, 0.5) is 4.79 Å². The SMILES string of the molecule is CC(C)[C@H]1COC(=O)N1C(=O)[C@@H](CSCc1ccccc1)Cc1ccccc1. The van der Waals surface area contributed by atoms with Crippen LogP contribution in [0.15, 0.2) is 60.7 Å². The molecule has 1 fully saturated rings. The number of hydrogen-bond donors (Lipinski definition) is 0. The van der Waals surface area contributed by atoms with E-state index in [1.165, 1.54) is 10.5 Å². The molecule has 3 rings (SSSR count). The first kappa shape index (κ1) is 20.5. The van der Waals surface area contributed by atoms with Crippen molar-refractivity contribution < 1.29 is 14.3 Å². The van der Waals surface area contributed by atoms with Crippen molar-refractivity contribution in [3.8, 4) is 0 Å². The Labute approximate surface area is 171 Å². The summed E-state index contributed by atoms with van der Waals surface area (Å²) in [6.07, 6.45) is 0.116. The molecule has 0 N–H and O–H groups in total. The van der Waals surface area contributed by atoms with Crippen LogP contribution in [0.25, 0.3) is 0 Å². The number of hydrogen-bond acceptors (Lipinski definition) is 4. The Balaban J connectivity index is 1.72. The lowest BCUT2D eigenvalue weighted by atomic mass is 9.97. The molecule has 2 aromatic carbocycles. The summed E-state index contributed by atoms with van der Waals surface area (Å²) in [6.45, 7) is 4.32. The van der Waals surface area contributed by atoms with Crippen LogP contribution in [-0.4, -0.2) is 35.3 Å². The van der Waals surface area contributed by atoms with E-state index in [-0.39, 0.29) is 30.4 Å². The van der Waals surface area contributed by atoms with E-state index < -0.39 is 6.09 Å². The number of thioether (sulfide) groups is 1. The zero-order valence-electron chi connectivity index (χ0n) is 16.4. The van der Waals surface area contributed by atoms with Gasteiger partial charge in [0.05, 0.1) is 12.0 Å². The number of cyclic esters (lactones) is 1. The molecule has 0 radical (unpaired) electrons. The number of carbonyl (C=O) groups is 2. The smallest absolute Gasteiger partial charge is 0.416 e. The summed E-state index contributed by atoms with van der Waals surface area (Å²) in [6, 6.07) is 20.0. The Morgan fingerprint density at radius 1 is 1.07 bits per heavy atom. The van der Waals surface area contributed by atoms with Crippen LogP contribution in [0.1, 0.15) is 25.0 Å². The molecule has 1 aliphatic rings. The summed E-state index contributed by atoms with van der Waals surface area (Å²) in [5.74, 6) is 1.30. The molecule has 2 atom stereocenters. The van der Waals surface area contributed by atoms with Crippen molar-refractivity contribution in [2.24, 2.45) is 11.8 Å². The number of carbonyl (C=O) groups excluding carboxylic acids is 2. The van der Waals surface area contributed by atoms with E-state index in [0.29, 0.717) is 12.2 Å². The Hall–Kier alpha value is -2.27. The summed E-state index contributed by atoms with van der Waals surface area (Å²) in [4.78, 5) is 27.0. The summed E-state index contributed by atoms with van der Waals surface area (Å²) >= 11 is 1.73. The topological polar surface area (TPSA) is 46.6 Å². The average Bonchev–Trinajstić information content (AvgIpc) is 3.10. The molecule has 0 saturated carbocycles. The summed E-state index contributed by atoms with van der Waals surface area (Å²) in [7, 11) is 0. The molecule has 0 unspecified atom stereocenters. The van der Waals surface area contributed by atoms with Gasteiger partial charge >= 0.3 is 6.09 Å². The molecule has 4 nitrogen and oxygen atoms in total. The molecule has 1 saturated heterocycles. The molecule has 1 aliphatic heterocycles. The first-order valence-corrected chi connectivity index (χ1v) is 10.9. The highest BCUT2D eigenvalue weighted by Gasteiger charge is 2.42. The summed E-state index contributed by atoms with van der Waals surface area (Å²) in [5.41, 5.74) is 2.34. The molecule has 5 heteroatoms. The van der Waals surface area contributed by atoms with Gasteiger partial charge in [-0.3, -0.25) is 4.79 Å². The lowest BCUT2D eigenvalue weighted by Gasteiger charge is -2.27. The highest BCUT2D eigenvalue weighted by molar-refractivity contribution is 7.98. The van der Waals surface area contributed by atoms with Gasteiger partial charge in [-0.1, -0.05) is 74.5 Å². The third-order valence-electron chi connectivity index (χ3n) is 5.02. The van der Waals surface area contributed by atoms with Gasteiger partial charge in [0.15, 0.2) is 0 Å². The van der Waals surface area contributed by atoms with Crippen molar-refractivity contribution in [3.63, 3.8) is 0 Å². The van der Waals surface area contributed by atoms with Crippen molar-refractivity contribution in [1.29, 1.82) is 0 Å². The largest absolute Gasteiger partial charge is 0.447 e. The molecule has 28 heavy (non-hydrogen) atoms. The van der Waals surface area contributed by atoms with Crippen LogP contribution in [0.5, 0.6) is 0 Å². The standard InChI is InChI=1S/C23H27NO3S/c1-17(2)21-14-27-23(26)24(21)22(25)20(13-18-9-5-3-6-10-18)16-28-15-19-11-7-4-8-12-19/h3-12,17,20-21H,13-16H2,1-2H3/t20-,21-/m1/s1. The van der Waals surface area contributed by atoms with E-state index in [9.17, 15) is 9.59 Å². The first-order valence-electron chi connectivity index (χ1n) is 9.71. The van der Waals surface area contributed by atoms with E-state index in [4.69, 9.17) is 4.74 Å². The third-order valence-corrected chi connectivity index (χ3v) is 6.19. The van der Waals surface area contributed by atoms with Crippen LogP contribution >= 0.6 is 11.8 Å². The molecule has 0 aromatic heterocycles. The molecular weight excluding hydrogens is 370 g/mol. The second kappa shape index (κ2) is 9.78. The number of ether oxygens (including phenoxy) is 1. The molecule has 0 aliphatic carbocycles. The van der Waals surface area contributed by atoms with Gasteiger partial charge in [0.2, 0.25) is 5.91 Å². The van der Waals surface area contributed by atoms with Crippen molar-refractivity contribution in [2.45, 2.75) is 32.1 Å². The van der Waals surface area contributed by atoms with Crippen LogP contribution < -0.4 is 0 Å². The van der Waals surface area contributed by atoms with Crippen LogP contribution in [0.3, 0.4) is 0 Å². The predicted molar refractivity (Wildman–Crippen MR) is 113 cm³/mol. The van der Waals surface area contributed by atoms with Crippen LogP contribution in [0, 0.1) is 11.8 Å². The third kappa shape index (κ3) is 5.16. The molecule has 1 heterocycles. The Morgan fingerprint density at radius 2 is 1.68 bits per heavy atom. The minimum absolute atomic E-state index is 0.120. The summed E-state index contributed by atoms with van der Waals surface area (Å²) < 4.78 is 5.19. The highest BCUT2D eigenvalue weighted by atomic mass is 32.2. The quantitative estimate of drug-likeness (QED) is 0.643. The minimum Gasteiger partial charge on any atom is -0.447 e. The molecule has 0 spiro atoms. The van der Waals surface area contributed by atoms with Crippen molar-refractivity contribution in [1.82, 2.24) is 4.90 Å². The van der Waals surface area contributed by atoms with E-state index in [2.05, 4.69) is 12.1 Å². The predicted octanol–water partition coefficient (Wildman–Crippen LogP) is 4.78. The van der Waals surface area contributed by atoms with E-state index in [0.717, 1.165) is 11.3 Å². The fourth-order valence-corrected chi connectivity index (χ4v) is 4.48. The lowest BCUT2D eigenvalue weighted by Crippen LogP contribution is -2.46. The Morgan fingerprint density at radius 3 is 2.29 bits per heavy atom. The molecular formula is C23H27NO3S. The number of rotatable bonds is 8. The number of benzene rings is 2. The lowest BCUT2D eigenvalue weighted by molar-refractivity contribution is -0.133. The normalized spacial score (nSPS) is 17.6. The Kier molecular flexibility index (Phi) is 7.15. The van der Waals surface area contributed by atoms with Crippen LogP contribution in [-0.2, 0) is 21.7 Å². The molecule has 0 bridgehead atoms. The average molecular weight is 398 g/mol. The van der Waals surface area contributed by atoms with Gasteiger partial charge in [0, 0.05) is 11.5 Å². The van der Waals surface area contributed by atoms with Crippen molar-refractivity contribution in [3.05, 3.63) is 71.8 Å². The number of imide groups is 1. The summed E-state index contributed by atoms with van der Waals surface area (Å²) in [5, 5.41) is 0. The maximum atomic E-state index is 13.3. The second-order valence-electron chi connectivity index (χ2n) is 7.48. The monoisotopic (exact) mass is 397 g/mol. The first-order chi connectivity index (χ1) is 13.6. The highest BCUT2D eigenvalue weighted by Crippen LogP contribution is 2.26. The maximum Gasteiger partial charge on any atom is 0.416 e. The van der Waals surface area contributed by atoms with Gasteiger partial charge in [-0.25, -0.2) is 9.69 Å². The van der Waals surface area contributed by atoms with Gasteiger partial charge < -0.3 is 4.74 Å². The maximum absolute atomic E-state index is 13.3. The van der Waals surface area contributed by atoms with Gasteiger partial charge in [0.1, 0.15) is 6.61 Å². The molecule has 2 amide bonds.